The molecule has 2 aliphatic rings. The summed E-state index contributed by atoms with van der Waals surface area (Å²) < 4.78 is 17.1. The zero-order chi connectivity index (χ0) is 24.7. The zero-order valence-electron chi connectivity index (χ0n) is 21.0. The maximum Gasteiger partial charge on any atom is 0.270 e. The Balaban J connectivity index is 1.47. The van der Waals surface area contributed by atoms with Gasteiger partial charge in [0.05, 0.1) is 5.69 Å². The smallest absolute Gasteiger partial charge is 0.270 e. The Kier molecular flexibility index (Phi) is 6.13. The minimum atomic E-state index is -0.262. The number of nitrogens with one attached hydrogen (secondary N) is 1. The van der Waals surface area contributed by atoms with Crippen molar-refractivity contribution in [2.75, 3.05) is 57.5 Å². The van der Waals surface area contributed by atoms with Gasteiger partial charge in [-0.3, -0.25) is 4.79 Å². The van der Waals surface area contributed by atoms with Crippen molar-refractivity contribution in [2.24, 2.45) is 0 Å². The van der Waals surface area contributed by atoms with Crippen molar-refractivity contribution < 1.29 is 9.18 Å². The van der Waals surface area contributed by atoms with Crippen molar-refractivity contribution in [3.05, 3.63) is 42.0 Å². The summed E-state index contributed by atoms with van der Waals surface area (Å²) in [5.74, 6) is 0.0825. The molecule has 8 nitrogen and oxygen atoms in total. The molecule has 2 aromatic heterocycles. The minimum absolute atomic E-state index is 0.0428. The van der Waals surface area contributed by atoms with Gasteiger partial charge < -0.3 is 24.6 Å². The SMILES string of the molecule is CCC1(n2c(C(=O)N(C)C)cc3cnc(Nc4ccc(N5CCN(C)CC5)c(F)c4)nc32)CCC1. The fraction of sp³-hybridized carbons (Fsp3) is 0.500. The van der Waals surface area contributed by atoms with E-state index in [1.807, 2.05) is 18.2 Å². The van der Waals surface area contributed by atoms with Gasteiger partial charge in [-0.05, 0) is 57.0 Å². The van der Waals surface area contributed by atoms with E-state index in [0.29, 0.717) is 23.0 Å². The van der Waals surface area contributed by atoms with Crippen molar-refractivity contribution in [2.45, 2.75) is 38.1 Å². The summed E-state index contributed by atoms with van der Waals surface area (Å²) in [7, 11) is 5.62. The number of likely N-dealkylation sites (N-methyl/N-ethyl adjacent to an activating group) is 1. The van der Waals surface area contributed by atoms with Crippen LogP contribution in [0.15, 0.2) is 30.5 Å². The average Bonchev–Trinajstić information content (AvgIpc) is 3.18. The second kappa shape index (κ2) is 9.11. The van der Waals surface area contributed by atoms with Gasteiger partial charge in [-0.2, -0.15) is 4.98 Å². The molecule has 1 aromatic carbocycles. The Labute approximate surface area is 205 Å². The van der Waals surface area contributed by atoms with Crippen LogP contribution in [0.5, 0.6) is 0 Å². The molecule has 1 amide bonds. The Morgan fingerprint density at radius 3 is 2.51 bits per heavy atom. The van der Waals surface area contributed by atoms with Crippen molar-refractivity contribution in [3.63, 3.8) is 0 Å². The summed E-state index contributed by atoms with van der Waals surface area (Å²) in [4.78, 5) is 28.2. The number of hydrogen-bond donors (Lipinski definition) is 1. The van der Waals surface area contributed by atoms with Gasteiger partial charge in [-0.25, -0.2) is 9.37 Å². The highest BCUT2D eigenvalue weighted by Crippen LogP contribution is 2.45. The van der Waals surface area contributed by atoms with Gasteiger partial charge in [0.2, 0.25) is 5.95 Å². The number of halogens is 1. The van der Waals surface area contributed by atoms with Gasteiger partial charge in [-0.15, -0.1) is 0 Å². The van der Waals surface area contributed by atoms with Crippen LogP contribution in [-0.2, 0) is 5.54 Å². The molecule has 3 aromatic rings. The Morgan fingerprint density at radius 1 is 1.17 bits per heavy atom. The maximum atomic E-state index is 15.0. The second-order valence-corrected chi connectivity index (χ2v) is 10.1. The molecule has 1 saturated carbocycles. The third kappa shape index (κ3) is 4.22. The Bertz CT molecular complexity index is 1240. The molecular weight excluding hydrogens is 445 g/mol. The van der Waals surface area contributed by atoms with Gasteiger partial charge in [0.25, 0.3) is 5.91 Å². The summed E-state index contributed by atoms with van der Waals surface area (Å²) in [6.07, 6.45) is 5.85. The van der Waals surface area contributed by atoms with Crippen LogP contribution >= 0.6 is 0 Å². The van der Waals surface area contributed by atoms with Crippen molar-refractivity contribution >= 4 is 34.3 Å². The van der Waals surface area contributed by atoms with Gasteiger partial charge in [0.15, 0.2) is 0 Å². The predicted octanol–water partition coefficient (Wildman–Crippen LogP) is 4.06. The number of anilines is 3. The number of amides is 1. The van der Waals surface area contributed by atoms with Gasteiger partial charge in [-0.1, -0.05) is 6.92 Å². The van der Waals surface area contributed by atoms with Crippen molar-refractivity contribution in [1.82, 2.24) is 24.3 Å². The number of carbonyl (C=O) groups is 1. The molecule has 186 valence electrons. The molecule has 9 heteroatoms. The molecule has 1 N–H and O–H groups in total. The summed E-state index contributed by atoms with van der Waals surface area (Å²) >= 11 is 0. The standard InChI is InChI=1S/C26H34FN7O/c1-5-26(9-6-10-26)34-22(24(35)31(2)3)15-18-17-28-25(30-23(18)34)29-19-7-8-21(20(27)16-19)33-13-11-32(4)12-14-33/h7-8,15-17H,5-6,9-14H2,1-4H3,(H,28,29,30). The lowest BCUT2D eigenvalue weighted by molar-refractivity contribution is 0.0780. The van der Waals surface area contributed by atoms with Crippen molar-refractivity contribution in [3.8, 4) is 0 Å². The topological polar surface area (TPSA) is 69.5 Å². The number of piperazine rings is 1. The third-order valence-electron chi connectivity index (χ3n) is 7.63. The monoisotopic (exact) mass is 479 g/mol. The quantitative estimate of drug-likeness (QED) is 0.575. The van der Waals surface area contributed by atoms with Crippen LogP contribution in [0.3, 0.4) is 0 Å². The highest BCUT2D eigenvalue weighted by molar-refractivity contribution is 5.98. The van der Waals surface area contributed by atoms with Crippen LogP contribution < -0.4 is 10.2 Å². The molecule has 0 bridgehead atoms. The first-order chi connectivity index (χ1) is 16.8. The lowest BCUT2D eigenvalue weighted by Gasteiger charge is -2.44. The highest BCUT2D eigenvalue weighted by Gasteiger charge is 2.41. The Hall–Kier alpha value is -3.20. The average molecular weight is 480 g/mol. The van der Waals surface area contributed by atoms with E-state index in [1.54, 1.807) is 25.2 Å². The molecule has 0 unspecified atom stereocenters. The lowest BCUT2D eigenvalue weighted by Crippen LogP contribution is -2.44. The molecule has 3 heterocycles. The normalized spacial score (nSPS) is 17.9. The van der Waals surface area contributed by atoms with Gasteiger partial charge >= 0.3 is 0 Å². The first-order valence-corrected chi connectivity index (χ1v) is 12.4. The number of benzene rings is 1. The number of rotatable bonds is 6. The lowest BCUT2D eigenvalue weighted by atomic mass is 9.74. The van der Waals surface area contributed by atoms with Gasteiger partial charge in [0, 0.05) is 63.1 Å². The van der Waals surface area contributed by atoms with E-state index in [0.717, 1.165) is 62.9 Å². The molecule has 35 heavy (non-hydrogen) atoms. The third-order valence-corrected chi connectivity index (χ3v) is 7.63. The second-order valence-electron chi connectivity index (χ2n) is 10.1. The van der Waals surface area contributed by atoms with Crippen LogP contribution in [0.2, 0.25) is 0 Å². The van der Waals surface area contributed by atoms with Crippen LogP contribution in [0, 0.1) is 5.82 Å². The molecule has 5 rings (SSSR count). The summed E-state index contributed by atoms with van der Waals surface area (Å²) in [6, 6.07) is 7.07. The van der Waals surface area contributed by atoms with E-state index in [9.17, 15) is 9.18 Å². The molecular formula is C26H34FN7O. The number of carbonyl (C=O) groups excluding carboxylic acids is 1. The summed E-state index contributed by atoms with van der Waals surface area (Å²) in [5, 5.41) is 4.00. The van der Waals surface area contributed by atoms with Gasteiger partial charge in [0.1, 0.15) is 17.2 Å². The van der Waals surface area contributed by atoms with Crippen LogP contribution in [0.25, 0.3) is 11.0 Å². The molecule has 0 atom stereocenters. The number of aromatic nitrogens is 3. The van der Waals surface area contributed by atoms with Crippen LogP contribution in [-0.4, -0.2) is 77.6 Å². The predicted molar refractivity (Wildman–Crippen MR) is 137 cm³/mol. The highest BCUT2D eigenvalue weighted by atomic mass is 19.1. The van der Waals surface area contributed by atoms with E-state index in [2.05, 4.69) is 38.6 Å². The van der Waals surface area contributed by atoms with Crippen LogP contribution in [0.1, 0.15) is 43.1 Å². The molecule has 1 saturated heterocycles. The largest absolute Gasteiger partial charge is 0.367 e. The summed E-state index contributed by atoms with van der Waals surface area (Å²) in [6.45, 7) is 5.63. The molecule has 2 fully saturated rings. The summed E-state index contributed by atoms with van der Waals surface area (Å²) in [5.41, 5.74) is 2.49. The molecule has 1 aliphatic heterocycles. The van der Waals surface area contributed by atoms with E-state index in [1.165, 1.54) is 6.07 Å². The van der Waals surface area contributed by atoms with E-state index < -0.39 is 0 Å². The number of fused-ring (bicyclic) bond motifs is 1. The number of nitrogens with zero attached hydrogens (tertiary/aromatic N) is 6. The first-order valence-electron chi connectivity index (χ1n) is 12.4. The van der Waals surface area contributed by atoms with Crippen molar-refractivity contribution in [1.29, 1.82) is 0 Å². The molecule has 0 radical (unpaired) electrons. The van der Waals surface area contributed by atoms with E-state index in [4.69, 9.17) is 4.98 Å². The fourth-order valence-electron chi connectivity index (χ4n) is 5.25. The minimum Gasteiger partial charge on any atom is -0.367 e. The molecule has 0 spiro atoms. The molecule has 1 aliphatic carbocycles. The first kappa shape index (κ1) is 23.5. The van der Waals surface area contributed by atoms with Crippen LogP contribution in [0.4, 0.5) is 21.7 Å². The maximum absolute atomic E-state index is 15.0. The van der Waals surface area contributed by atoms with E-state index >= 15 is 0 Å². The fourth-order valence-corrected chi connectivity index (χ4v) is 5.25. The zero-order valence-corrected chi connectivity index (χ0v) is 21.0. The Morgan fingerprint density at radius 2 is 1.91 bits per heavy atom. The van der Waals surface area contributed by atoms with E-state index in [-0.39, 0.29) is 17.3 Å². The number of hydrogen-bond acceptors (Lipinski definition) is 6.